The smallest absolute Gasteiger partial charge is 0.313 e. The summed E-state index contributed by atoms with van der Waals surface area (Å²) in [6, 6.07) is 0. The highest BCUT2D eigenvalue weighted by molar-refractivity contribution is 5.91. The Hall–Kier alpha value is -1.36. The minimum atomic E-state index is -0.678. The molecule has 0 aromatic carbocycles. The zero-order chi connectivity index (χ0) is 8.43. The van der Waals surface area contributed by atoms with Gasteiger partial charge in [0, 0.05) is 5.56 Å². The number of hydrogen-bond donors (Lipinski definition) is 2. The van der Waals surface area contributed by atoms with Crippen molar-refractivity contribution >= 4 is 5.91 Å². The van der Waals surface area contributed by atoms with Crippen LogP contribution in [-0.4, -0.2) is 16.3 Å². The molecule has 0 bridgehead atoms. The first-order valence-electron chi connectivity index (χ1n) is 3.04. The summed E-state index contributed by atoms with van der Waals surface area (Å²) in [5.41, 5.74) is 2.74. The summed E-state index contributed by atoms with van der Waals surface area (Å²) in [5, 5.41) is 11.8. The Labute approximate surface area is 63.0 Å². The number of rotatable bonds is 1. The average Bonchev–Trinajstić information content (AvgIpc) is 2.32. The highest BCUT2D eigenvalue weighted by atomic mass is 16.5. The number of aryl methyl sites for hydroxylation is 1. The van der Waals surface area contributed by atoms with Crippen LogP contribution < -0.4 is 5.48 Å². The third kappa shape index (κ3) is 1.22. The van der Waals surface area contributed by atoms with Gasteiger partial charge in [-0.3, -0.25) is 10.0 Å². The van der Waals surface area contributed by atoms with Gasteiger partial charge in [0.05, 0.1) is 5.69 Å². The van der Waals surface area contributed by atoms with Crippen LogP contribution in [0.2, 0.25) is 0 Å². The fourth-order valence-corrected chi connectivity index (χ4v) is 0.678. The highest BCUT2D eigenvalue weighted by Gasteiger charge is 2.15. The molecule has 0 radical (unpaired) electrons. The van der Waals surface area contributed by atoms with Crippen molar-refractivity contribution in [3.8, 4) is 0 Å². The van der Waals surface area contributed by atoms with Gasteiger partial charge >= 0.3 is 5.91 Å². The molecule has 11 heavy (non-hydrogen) atoms. The van der Waals surface area contributed by atoms with Crippen molar-refractivity contribution < 1.29 is 14.5 Å². The summed E-state index contributed by atoms with van der Waals surface area (Å²) in [4.78, 5) is 10.8. The van der Waals surface area contributed by atoms with Crippen LogP contribution in [0, 0.1) is 13.8 Å². The molecule has 5 nitrogen and oxygen atoms in total. The Morgan fingerprint density at radius 2 is 2.27 bits per heavy atom. The van der Waals surface area contributed by atoms with Gasteiger partial charge in [-0.2, -0.15) is 0 Å². The van der Waals surface area contributed by atoms with Crippen molar-refractivity contribution in [2.75, 3.05) is 0 Å². The number of hydrogen-bond acceptors (Lipinski definition) is 4. The van der Waals surface area contributed by atoms with E-state index in [1.807, 2.05) is 0 Å². The van der Waals surface area contributed by atoms with Gasteiger partial charge in [0.1, 0.15) is 0 Å². The molecular formula is C6H8N2O3. The third-order valence-electron chi connectivity index (χ3n) is 1.46. The number of carbonyl (C=O) groups excluding carboxylic acids is 1. The maximum Gasteiger partial charge on any atom is 0.313 e. The van der Waals surface area contributed by atoms with Gasteiger partial charge in [0.25, 0.3) is 0 Å². The second-order valence-corrected chi connectivity index (χ2v) is 2.16. The van der Waals surface area contributed by atoms with Gasteiger partial charge in [-0.1, -0.05) is 5.16 Å². The molecule has 5 heteroatoms. The Morgan fingerprint density at radius 3 is 2.64 bits per heavy atom. The normalized spacial score (nSPS) is 9.73. The van der Waals surface area contributed by atoms with E-state index in [1.54, 1.807) is 13.8 Å². The lowest BCUT2D eigenvalue weighted by Gasteiger charge is -1.91. The molecule has 60 valence electrons. The van der Waals surface area contributed by atoms with Crippen LogP contribution in [0.5, 0.6) is 0 Å². The first kappa shape index (κ1) is 7.74. The van der Waals surface area contributed by atoms with Crippen molar-refractivity contribution in [3.05, 3.63) is 17.0 Å². The molecule has 1 aromatic heterocycles. The van der Waals surface area contributed by atoms with Crippen LogP contribution in [0.1, 0.15) is 21.8 Å². The standard InChI is InChI=1S/C6H8N2O3/c1-3-4(2)8-11-5(3)6(9)7-10/h10H,1-2H3,(H,7,9). The monoisotopic (exact) mass is 156 g/mol. The fourth-order valence-electron chi connectivity index (χ4n) is 0.678. The molecule has 0 aliphatic carbocycles. The Kier molecular flexibility index (Phi) is 1.91. The molecule has 0 aliphatic heterocycles. The topological polar surface area (TPSA) is 75.4 Å². The molecule has 0 saturated heterocycles. The number of aromatic nitrogens is 1. The maximum atomic E-state index is 10.8. The van der Waals surface area contributed by atoms with E-state index in [0.717, 1.165) is 0 Å². The first-order valence-corrected chi connectivity index (χ1v) is 3.04. The Morgan fingerprint density at radius 1 is 1.64 bits per heavy atom. The zero-order valence-corrected chi connectivity index (χ0v) is 6.21. The van der Waals surface area contributed by atoms with Gasteiger partial charge < -0.3 is 4.52 Å². The van der Waals surface area contributed by atoms with Gasteiger partial charge in [-0.15, -0.1) is 0 Å². The molecule has 0 unspecified atom stereocenters. The summed E-state index contributed by atoms with van der Waals surface area (Å²) in [5.74, 6) is -0.631. The highest BCUT2D eigenvalue weighted by Crippen LogP contribution is 2.10. The summed E-state index contributed by atoms with van der Waals surface area (Å²) in [6.07, 6.45) is 0. The summed E-state index contributed by atoms with van der Waals surface area (Å²) < 4.78 is 4.63. The number of carbonyl (C=O) groups is 1. The molecule has 0 saturated carbocycles. The van der Waals surface area contributed by atoms with Gasteiger partial charge in [-0.05, 0) is 13.8 Å². The number of amides is 1. The molecule has 1 aromatic rings. The van der Waals surface area contributed by atoms with Crippen LogP contribution in [0.15, 0.2) is 4.52 Å². The van der Waals surface area contributed by atoms with Crippen molar-refractivity contribution in [2.24, 2.45) is 0 Å². The van der Waals surface area contributed by atoms with Crippen LogP contribution in [0.3, 0.4) is 0 Å². The van der Waals surface area contributed by atoms with E-state index in [0.29, 0.717) is 11.3 Å². The van der Waals surface area contributed by atoms with Crippen molar-refractivity contribution in [1.29, 1.82) is 0 Å². The van der Waals surface area contributed by atoms with Crippen molar-refractivity contribution in [2.45, 2.75) is 13.8 Å². The van der Waals surface area contributed by atoms with Crippen molar-refractivity contribution in [3.63, 3.8) is 0 Å². The lowest BCUT2D eigenvalue weighted by molar-refractivity contribution is 0.0666. The van der Waals surface area contributed by atoms with E-state index in [-0.39, 0.29) is 5.76 Å². The van der Waals surface area contributed by atoms with E-state index in [9.17, 15) is 4.79 Å². The summed E-state index contributed by atoms with van der Waals surface area (Å²) in [7, 11) is 0. The molecule has 0 atom stereocenters. The molecule has 1 amide bonds. The van der Waals surface area contributed by atoms with E-state index in [1.165, 1.54) is 5.48 Å². The van der Waals surface area contributed by atoms with E-state index < -0.39 is 5.91 Å². The average molecular weight is 156 g/mol. The van der Waals surface area contributed by atoms with Crippen LogP contribution >= 0.6 is 0 Å². The predicted octanol–water partition coefficient (Wildman–Crippen LogP) is 0.410. The molecule has 1 rings (SSSR count). The molecule has 1 heterocycles. The number of nitrogens with zero attached hydrogens (tertiary/aromatic N) is 1. The molecule has 0 aliphatic rings. The van der Waals surface area contributed by atoms with Crippen LogP contribution in [0.4, 0.5) is 0 Å². The fraction of sp³-hybridized carbons (Fsp3) is 0.333. The minimum absolute atomic E-state index is 0.0463. The van der Waals surface area contributed by atoms with Crippen LogP contribution in [-0.2, 0) is 0 Å². The summed E-state index contributed by atoms with van der Waals surface area (Å²) in [6.45, 7) is 3.41. The molecule has 2 N–H and O–H groups in total. The van der Waals surface area contributed by atoms with Gasteiger partial charge in [0.2, 0.25) is 5.76 Å². The predicted molar refractivity (Wildman–Crippen MR) is 35.2 cm³/mol. The Balaban J connectivity index is 3.04. The third-order valence-corrected chi connectivity index (χ3v) is 1.46. The lowest BCUT2D eigenvalue weighted by Crippen LogP contribution is -2.18. The molecular weight excluding hydrogens is 148 g/mol. The van der Waals surface area contributed by atoms with E-state index in [4.69, 9.17) is 5.21 Å². The van der Waals surface area contributed by atoms with E-state index >= 15 is 0 Å². The zero-order valence-electron chi connectivity index (χ0n) is 6.21. The van der Waals surface area contributed by atoms with Crippen molar-refractivity contribution in [1.82, 2.24) is 10.6 Å². The SMILES string of the molecule is Cc1noc(C(=O)NO)c1C. The number of nitrogens with one attached hydrogen (secondary N) is 1. The van der Waals surface area contributed by atoms with Gasteiger partial charge in [-0.25, -0.2) is 5.48 Å². The second-order valence-electron chi connectivity index (χ2n) is 2.16. The largest absolute Gasteiger partial charge is 0.350 e. The van der Waals surface area contributed by atoms with Crippen LogP contribution in [0.25, 0.3) is 0 Å². The Bertz CT molecular complexity index is 279. The quantitative estimate of drug-likeness (QED) is 0.456. The number of hydroxylamine groups is 1. The molecule has 0 spiro atoms. The first-order chi connectivity index (χ1) is 5.16. The summed E-state index contributed by atoms with van der Waals surface area (Å²) >= 11 is 0. The molecule has 0 fully saturated rings. The minimum Gasteiger partial charge on any atom is -0.350 e. The maximum absolute atomic E-state index is 10.8. The van der Waals surface area contributed by atoms with Gasteiger partial charge in [0.15, 0.2) is 0 Å². The lowest BCUT2D eigenvalue weighted by atomic mass is 10.2. The van der Waals surface area contributed by atoms with E-state index in [2.05, 4.69) is 9.68 Å². The second kappa shape index (κ2) is 2.71.